The number of amides is 4. The van der Waals surface area contributed by atoms with E-state index in [0.29, 0.717) is 18.3 Å². The van der Waals surface area contributed by atoms with Crippen LogP contribution in [0, 0.1) is 24.2 Å². The molecule has 1 aromatic carbocycles. The second-order valence-electron chi connectivity index (χ2n) is 15.6. The highest BCUT2D eigenvalue weighted by atomic mass is 16.6. The standard InChI is InChI=1S/C25H38N2O2.C7H15NO.C6H9NO2/c1-19-5-7-20(8-6-19)21-9-13-26(14-10-21)22-17-25(18-22)11-15-27(16-12-25)23(28)29-24(2,3)4;1-5-6(2)7(9)8(3)4;1-4-2-3-5(8)7-6(4)9/h5-8,21-22H,9-18H2,1-4H3;6H,5H2,1-4H3;4H,2-3H2,1H3,(H,7,8,9). The van der Waals surface area contributed by atoms with Gasteiger partial charge < -0.3 is 19.4 Å². The number of benzene rings is 1. The van der Waals surface area contributed by atoms with Crippen LogP contribution in [-0.4, -0.2) is 90.4 Å². The first-order valence-electron chi connectivity index (χ1n) is 17.9. The fraction of sp³-hybridized carbons (Fsp3) is 0.737. The molecule has 0 bridgehead atoms. The van der Waals surface area contributed by atoms with Crippen LogP contribution in [0.3, 0.4) is 0 Å². The van der Waals surface area contributed by atoms with Crippen LogP contribution < -0.4 is 5.32 Å². The zero-order chi connectivity index (χ0) is 34.9. The van der Waals surface area contributed by atoms with E-state index in [1.165, 1.54) is 49.9 Å². The summed E-state index contributed by atoms with van der Waals surface area (Å²) in [5.41, 5.74) is 2.95. The van der Waals surface area contributed by atoms with Crippen LogP contribution in [0.15, 0.2) is 24.3 Å². The van der Waals surface area contributed by atoms with Gasteiger partial charge in [-0.3, -0.25) is 19.7 Å². The molecule has 4 fully saturated rings. The molecule has 2 atom stereocenters. The lowest BCUT2D eigenvalue weighted by atomic mass is 9.59. The molecule has 1 spiro atoms. The van der Waals surface area contributed by atoms with Gasteiger partial charge in [-0.2, -0.15) is 0 Å². The zero-order valence-corrected chi connectivity index (χ0v) is 30.7. The molecule has 3 heterocycles. The fourth-order valence-electron chi connectivity index (χ4n) is 6.95. The Hall–Kier alpha value is -2.94. The number of aryl methyl sites for hydroxylation is 1. The minimum Gasteiger partial charge on any atom is -0.444 e. The first-order valence-corrected chi connectivity index (χ1v) is 17.9. The van der Waals surface area contributed by atoms with Crippen LogP contribution in [0.4, 0.5) is 4.79 Å². The lowest BCUT2D eigenvalue weighted by Crippen LogP contribution is -2.57. The van der Waals surface area contributed by atoms with Gasteiger partial charge in [0, 0.05) is 51.5 Å². The summed E-state index contributed by atoms with van der Waals surface area (Å²) in [6.07, 6.45) is 9.49. The third-order valence-electron chi connectivity index (χ3n) is 10.4. The van der Waals surface area contributed by atoms with E-state index in [0.717, 1.165) is 44.3 Å². The van der Waals surface area contributed by atoms with Crippen LogP contribution in [0.2, 0.25) is 0 Å². The van der Waals surface area contributed by atoms with Gasteiger partial charge in [-0.15, -0.1) is 0 Å². The highest BCUT2D eigenvalue weighted by Crippen LogP contribution is 2.51. The SMILES string of the molecule is CC1CCC(=O)NC1=O.CCC(C)C(=O)N(C)C.Cc1ccc(C2CCN(C3CC4(CCN(C(=O)OC(C)(C)C)CC4)C3)CC2)cc1. The second kappa shape index (κ2) is 16.9. The summed E-state index contributed by atoms with van der Waals surface area (Å²) < 4.78 is 5.55. The van der Waals surface area contributed by atoms with Crippen molar-refractivity contribution >= 4 is 23.8 Å². The van der Waals surface area contributed by atoms with E-state index in [4.69, 9.17) is 4.74 Å². The lowest BCUT2D eigenvalue weighted by molar-refractivity contribution is -0.136. The normalized spacial score (nSPS) is 22.5. The number of imide groups is 1. The zero-order valence-electron chi connectivity index (χ0n) is 30.7. The van der Waals surface area contributed by atoms with Crippen molar-refractivity contribution in [3.8, 4) is 0 Å². The van der Waals surface area contributed by atoms with Gasteiger partial charge in [0.15, 0.2) is 0 Å². The van der Waals surface area contributed by atoms with Crippen molar-refractivity contribution in [2.45, 2.75) is 124 Å². The minimum absolute atomic E-state index is 0.0164. The Morgan fingerprint density at radius 2 is 1.57 bits per heavy atom. The first-order chi connectivity index (χ1) is 22.0. The highest BCUT2D eigenvalue weighted by molar-refractivity contribution is 5.98. The summed E-state index contributed by atoms with van der Waals surface area (Å²) in [7, 11) is 3.57. The van der Waals surface area contributed by atoms with E-state index >= 15 is 0 Å². The number of nitrogens with one attached hydrogen (secondary N) is 1. The smallest absolute Gasteiger partial charge is 0.410 e. The summed E-state index contributed by atoms with van der Waals surface area (Å²) in [4.78, 5) is 50.8. The summed E-state index contributed by atoms with van der Waals surface area (Å²) in [6, 6.07) is 9.92. The molecule has 9 heteroatoms. The van der Waals surface area contributed by atoms with Gasteiger partial charge in [0.05, 0.1) is 0 Å². The van der Waals surface area contributed by atoms with Gasteiger partial charge in [-0.05, 0) is 109 Å². The van der Waals surface area contributed by atoms with Gasteiger partial charge in [0.2, 0.25) is 17.7 Å². The van der Waals surface area contributed by atoms with E-state index < -0.39 is 5.60 Å². The summed E-state index contributed by atoms with van der Waals surface area (Å²) in [5.74, 6) is 0.877. The molecule has 0 aromatic heterocycles. The van der Waals surface area contributed by atoms with Crippen molar-refractivity contribution in [3.63, 3.8) is 0 Å². The second-order valence-corrected chi connectivity index (χ2v) is 15.6. The van der Waals surface area contributed by atoms with Gasteiger partial charge in [0.1, 0.15) is 5.60 Å². The molecule has 47 heavy (non-hydrogen) atoms. The maximum Gasteiger partial charge on any atom is 0.410 e. The third kappa shape index (κ3) is 11.6. The van der Waals surface area contributed by atoms with E-state index in [1.807, 2.05) is 46.4 Å². The van der Waals surface area contributed by atoms with Crippen molar-refractivity contribution in [2.75, 3.05) is 40.3 Å². The molecule has 1 N–H and O–H groups in total. The Balaban J connectivity index is 0.000000273. The largest absolute Gasteiger partial charge is 0.444 e. The monoisotopic (exact) mass is 654 g/mol. The Morgan fingerprint density at radius 3 is 2.02 bits per heavy atom. The third-order valence-corrected chi connectivity index (χ3v) is 10.4. The molecule has 4 aliphatic rings. The van der Waals surface area contributed by atoms with Crippen molar-refractivity contribution in [1.82, 2.24) is 20.0 Å². The summed E-state index contributed by atoms with van der Waals surface area (Å²) >= 11 is 0. The average molecular weight is 655 g/mol. The Morgan fingerprint density at radius 1 is 1.00 bits per heavy atom. The molecular formula is C38H62N4O5. The molecule has 3 aliphatic heterocycles. The highest BCUT2D eigenvalue weighted by Gasteiger charge is 2.48. The number of nitrogens with zero attached hydrogens (tertiary/aromatic N) is 3. The van der Waals surface area contributed by atoms with Crippen LogP contribution in [0.1, 0.15) is 116 Å². The molecule has 0 radical (unpaired) electrons. The number of carbonyl (C=O) groups is 4. The van der Waals surface area contributed by atoms with Crippen molar-refractivity contribution in [1.29, 1.82) is 0 Å². The molecule has 1 aromatic rings. The maximum absolute atomic E-state index is 12.3. The average Bonchev–Trinajstić information content (AvgIpc) is 3.01. The number of rotatable bonds is 4. The quantitative estimate of drug-likeness (QED) is 0.371. The molecule has 9 nitrogen and oxygen atoms in total. The molecule has 4 amide bonds. The number of hydrogen-bond donors (Lipinski definition) is 1. The van der Waals surface area contributed by atoms with Crippen LogP contribution in [0.25, 0.3) is 0 Å². The van der Waals surface area contributed by atoms with E-state index in [1.54, 1.807) is 19.0 Å². The van der Waals surface area contributed by atoms with Crippen LogP contribution in [0.5, 0.6) is 0 Å². The molecule has 5 rings (SSSR count). The van der Waals surface area contributed by atoms with E-state index in [-0.39, 0.29) is 35.7 Å². The number of ether oxygens (including phenoxy) is 1. The maximum atomic E-state index is 12.3. The van der Waals surface area contributed by atoms with Crippen LogP contribution >= 0.6 is 0 Å². The number of carbonyl (C=O) groups excluding carboxylic acids is 4. The summed E-state index contributed by atoms with van der Waals surface area (Å²) in [5, 5.41) is 2.25. The Bertz CT molecular complexity index is 1180. The molecule has 1 aliphatic carbocycles. The van der Waals surface area contributed by atoms with Gasteiger partial charge in [-0.1, -0.05) is 50.6 Å². The number of likely N-dealkylation sites (tertiary alicyclic amines) is 2. The predicted molar refractivity (Wildman–Crippen MR) is 187 cm³/mol. The summed E-state index contributed by atoms with van der Waals surface area (Å²) in [6.45, 7) is 18.0. The van der Waals surface area contributed by atoms with E-state index in [2.05, 4.69) is 41.4 Å². The molecule has 1 saturated carbocycles. The van der Waals surface area contributed by atoms with E-state index in [9.17, 15) is 19.2 Å². The predicted octanol–water partition coefficient (Wildman–Crippen LogP) is 6.53. The first kappa shape index (κ1) is 38.5. The number of hydrogen-bond acceptors (Lipinski definition) is 6. The minimum atomic E-state index is -0.404. The van der Waals surface area contributed by atoms with Crippen molar-refractivity contribution in [2.24, 2.45) is 17.3 Å². The molecule has 264 valence electrons. The Labute approximate surface area is 284 Å². The molecular weight excluding hydrogens is 592 g/mol. The van der Waals surface area contributed by atoms with Crippen LogP contribution in [-0.2, 0) is 19.1 Å². The Kier molecular flexibility index (Phi) is 13.9. The van der Waals surface area contributed by atoms with Gasteiger partial charge in [-0.25, -0.2) is 4.79 Å². The molecule has 3 saturated heterocycles. The number of piperidine rings is 3. The van der Waals surface area contributed by atoms with Gasteiger partial charge in [0.25, 0.3) is 0 Å². The topological polar surface area (TPSA) is 99.3 Å². The fourth-order valence-corrected chi connectivity index (χ4v) is 6.95. The van der Waals surface area contributed by atoms with Crippen molar-refractivity contribution in [3.05, 3.63) is 35.4 Å². The molecule has 2 unspecified atom stereocenters. The lowest BCUT2D eigenvalue weighted by Gasteiger charge is -2.56. The van der Waals surface area contributed by atoms with Gasteiger partial charge >= 0.3 is 6.09 Å². The van der Waals surface area contributed by atoms with Crippen molar-refractivity contribution < 1.29 is 23.9 Å².